The van der Waals surface area contributed by atoms with Gasteiger partial charge in [-0.25, -0.2) is 0 Å². The third kappa shape index (κ3) is 3.70. The van der Waals surface area contributed by atoms with Crippen molar-refractivity contribution in [3.63, 3.8) is 0 Å². The monoisotopic (exact) mass is 393 g/mol. The van der Waals surface area contributed by atoms with Crippen LogP contribution in [-0.2, 0) is 4.79 Å². The summed E-state index contributed by atoms with van der Waals surface area (Å²) in [6.07, 6.45) is -3.20. The van der Waals surface area contributed by atoms with Crippen molar-refractivity contribution in [1.82, 2.24) is 9.99 Å². The molecule has 3 rings (SSSR count). The molecule has 1 amide bonds. The van der Waals surface area contributed by atoms with E-state index in [1.807, 2.05) is 13.8 Å². The quantitative estimate of drug-likeness (QED) is 0.867. The molecule has 1 aromatic carbocycles. The second-order valence-corrected chi connectivity index (χ2v) is 6.51. The molecular weight excluding hydrogens is 375 g/mol. The number of hydrogen-bond donors (Lipinski definition) is 1. The van der Waals surface area contributed by atoms with Gasteiger partial charge in [-0.2, -0.15) is 23.3 Å². The zero-order valence-electron chi connectivity index (χ0n) is 15.2. The van der Waals surface area contributed by atoms with Crippen LogP contribution in [-0.4, -0.2) is 45.2 Å². The standard InChI is InChI=1S/C19H18F3N3O3/c1-12-3-4-15(9-13(12)2)28-11-17(26)25-18(27,19(20,21)22)10-16(24-25)14-5-7-23-8-6-14/h3-9,27H,10-11H2,1-2H3/t18-/m0/s1. The summed E-state index contributed by atoms with van der Waals surface area (Å²) in [6.45, 7) is 3.04. The van der Waals surface area contributed by atoms with Gasteiger partial charge >= 0.3 is 6.18 Å². The zero-order valence-corrected chi connectivity index (χ0v) is 15.2. The van der Waals surface area contributed by atoms with Gasteiger partial charge in [0.05, 0.1) is 12.1 Å². The van der Waals surface area contributed by atoms with E-state index in [-0.39, 0.29) is 10.7 Å². The number of alkyl halides is 3. The van der Waals surface area contributed by atoms with E-state index in [1.54, 1.807) is 18.2 Å². The van der Waals surface area contributed by atoms with E-state index in [4.69, 9.17) is 4.74 Å². The predicted octanol–water partition coefficient (Wildman–Crippen LogP) is 2.96. The maximum atomic E-state index is 13.5. The van der Waals surface area contributed by atoms with Crippen LogP contribution in [0.3, 0.4) is 0 Å². The SMILES string of the molecule is Cc1ccc(OCC(=O)N2N=C(c3ccncc3)C[C@]2(O)C(F)(F)F)cc1C. The average Bonchev–Trinajstić information content (AvgIpc) is 3.02. The minimum absolute atomic E-state index is 0.0593. The van der Waals surface area contributed by atoms with Crippen LogP contribution in [0.4, 0.5) is 13.2 Å². The molecule has 9 heteroatoms. The second kappa shape index (κ2) is 7.23. The number of aliphatic hydroxyl groups is 1. The number of amides is 1. The van der Waals surface area contributed by atoms with Crippen LogP contribution in [0.2, 0.25) is 0 Å². The van der Waals surface area contributed by atoms with Crippen molar-refractivity contribution >= 4 is 11.6 Å². The number of benzene rings is 1. The lowest BCUT2D eigenvalue weighted by Crippen LogP contribution is -2.57. The summed E-state index contributed by atoms with van der Waals surface area (Å²) >= 11 is 0. The Hall–Kier alpha value is -2.94. The van der Waals surface area contributed by atoms with Gasteiger partial charge in [0.25, 0.3) is 11.6 Å². The van der Waals surface area contributed by atoms with Gasteiger partial charge in [-0.3, -0.25) is 9.78 Å². The van der Waals surface area contributed by atoms with E-state index in [0.717, 1.165) is 11.1 Å². The number of ether oxygens (including phenoxy) is 1. The van der Waals surface area contributed by atoms with Gasteiger partial charge in [0.2, 0.25) is 0 Å². The van der Waals surface area contributed by atoms with E-state index in [1.165, 1.54) is 24.5 Å². The van der Waals surface area contributed by atoms with E-state index in [2.05, 4.69) is 10.1 Å². The Morgan fingerprint density at radius 1 is 1.21 bits per heavy atom. The number of aromatic nitrogens is 1. The normalized spacial score (nSPS) is 19.5. The van der Waals surface area contributed by atoms with Crippen LogP contribution >= 0.6 is 0 Å². The highest BCUT2D eigenvalue weighted by molar-refractivity contribution is 6.03. The Bertz CT molecular complexity index is 916. The van der Waals surface area contributed by atoms with Crippen LogP contribution in [0, 0.1) is 13.8 Å². The summed E-state index contributed by atoms with van der Waals surface area (Å²) in [6, 6.07) is 7.97. The van der Waals surface area contributed by atoms with Gasteiger partial charge in [0.1, 0.15) is 5.75 Å². The van der Waals surface area contributed by atoms with E-state index >= 15 is 0 Å². The maximum absolute atomic E-state index is 13.5. The summed E-state index contributed by atoms with van der Waals surface area (Å²) in [5.41, 5.74) is -1.24. The van der Waals surface area contributed by atoms with Crippen molar-refractivity contribution in [1.29, 1.82) is 0 Å². The van der Waals surface area contributed by atoms with Crippen LogP contribution < -0.4 is 4.74 Å². The van der Waals surface area contributed by atoms with Crippen LogP contribution in [0.1, 0.15) is 23.1 Å². The molecule has 0 bridgehead atoms. The number of halogens is 3. The molecule has 0 unspecified atom stereocenters. The fourth-order valence-corrected chi connectivity index (χ4v) is 2.74. The summed E-state index contributed by atoms with van der Waals surface area (Å²) in [5.74, 6) is -0.772. The largest absolute Gasteiger partial charge is 0.484 e. The number of hydrazone groups is 1. The van der Waals surface area contributed by atoms with Crippen molar-refractivity contribution < 1.29 is 27.8 Å². The van der Waals surface area contributed by atoms with Crippen molar-refractivity contribution in [2.45, 2.75) is 32.2 Å². The first-order chi connectivity index (χ1) is 13.1. The third-order valence-corrected chi connectivity index (χ3v) is 4.53. The lowest BCUT2D eigenvalue weighted by Gasteiger charge is -2.32. The topological polar surface area (TPSA) is 75.0 Å². The minimum Gasteiger partial charge on any atom is -0.484 e. The van der Waals surface area contributed by atoms with Crippen LogP contribution in [0.15, 0.2) is 47.8 Å². The van der Waals surface area contributed by atoms with Gasteiger partial charge in [0, 0.05) is 18.0 Å². The van der Waals surface area contributed by atoms with Crippen LogP contribution in [0.25, 0.3) is 0 Å². The molecule has 0 aliphatic carbocycles. The van der Waals surface area contributed by atoms with Gasteiger partial charge in [0.15, 0.2) is 6.61 Å². The van der Waals surface area contributed by atoms with Gasteiger partial charge in [-0.15, -0.1) is 0 Å². The Morgan fingerprint density at radius 3 is 2.50 bits per heavy atom. The van der Waals surface area contributed by atoms with E-state index in [9.17, 15) is 23.1 Å². The molecule has 1 aliphatic heterocycles. The molecule has 0 radical (unpaired) electrons. The molecule has 1 aliphatic rings. The highest BCUT2D eigenvalue weighted by atomic mass is 19.4. The lowest BCUT2D eigenvalue weighted by atomic mass is 10.0. The summed E-state index contributed by atoms with van der Waals surface area (Å²) in [4.78, 5) is 16.2. The Kier molecular flexibility index (Phi) is 5.12. The number of rotatable bonds is 4. The lowest BCUT2D eigenvalue weighted by molar-refractivity contribution is -0.302. The zero-order chi connectivity index (χ0) is 20.5. The minimum atomic E-state index is -5.10. The number of pyridine rings is 1. The van der Waals surface area contributed by atoms with E-state index < -0.39 is 30.8 Å². The van der Waals surface area contributed by atoms with Crippen molar-refractivity contribution in [2.75, 3.05) is 6.61 Å². The Labute approximate surface area is 159 Å². The van der Waals surface area contributed by atoms with Gasteiger partial charge in [-0.05, 0) is 49.2 Å². The van der Waals surface area contributed by atoms with Crippen molar-refractivity contribution in [3.8, 4) is 5.75 Å². The smallest absolute Gasteiger partial charge is 0.438 e. The summed E-state index contributed by atoms with van der Waals surface area (Å²) in [5, 5.41) is 14.1. The number of carbonyl (C=O) groups is 1. The first-order valence-corrected chi connectivity index (χ1v) is 8.42. The summed E-state index contributed by atoms with van der Waals surface area (Å²) < 4.78 is 45.9. The third-order valence-electron chi connectivity index (χ3n) is 4.53. The molecule has 0 saturated carbocycles. The second-order valence-electron chi connectivity index (χ2n) is 6.51. The van der Waals surface area contributed by atoms with Gasteiger partial charge in [-0.1, -0.05) is 6.07 Å². The Balaban J connectivity index is 1.83. The van der Waals surface area contributed by atoms with E-state index in [0.29, 0.717) is 11.3 Å². The fraction of sp³-hybridized carbons (Fsp3) is 0.316. The fourth-order valence-electron chi connectivity index (χ4n) is 2.74. The number of nitrogens with zero attached hydrogens (tertiary/aromatic N) is 3. The van der Waals surface area contributed by atoms with Crippen molar-refractivity contribution in [2.24, 2.45) is 5.10 Å². The number of aryl methyl sites for hydroxylation is 2. The molecule has 148 valence electrons. The average molecular weight is 393 g/mol. The number of hydrogen-bond acceptors (Lipinski definition) is 5. The molecule has 28 heavy (non-hydrogen) atoms. The first kappa shape index (κ1) is 19.8. The molecule has 1 N–H and O–H groups in total. The predicted molar refractivity (Wildman–Crippen MR) is 94.7 cm³/mol. The highest BCUT2D eigenvalue weighted by Gasteiger charge is 2.63. The number of carbonyl (C=O) groups excluding carboxylic acids is 1. The maximum Gasteiger partial charge on any atom is 0.438 e. The molecule has 6 nitrogen and oxygen atoms in total. The van der Waals surface area contributed by atoms with Crippen LogP contribution in [0.5, 0.6) is 5.75 Å². The highest BCUT2D eigenvalue weighted by Crippen LogP contribution is 2.41. The molecule has 2 aromatic rings. The molecule has 0 saturated heterocycles. The summed E-state index contributed by atoms with van der Waals surface area (Å²) in [7, 11) is 0. The molecule has 1 atom stereocenters. The molecule has 2 heterocycles. The first-order valence-electron chi connectivity index (χ1n) is 8.42. The molecule has 0 fully saturated rings. The molecule has 1 aromatic heterocycles. The molecule has 0 spiro atoms. The van der Waals surface area contributed by atoms with Crippen molar-refractivity contribution in [3.05, 3.63) is 59.4 Å². The molecular formula is C19H18F3N3O3. The van der Waals surface area contributed by atoms with Gasteiger partial charge < -0.3 is 9.84 Å². The Morgan fingerprint density at radius 2 is 1.89 bits per heavy atom.